The van der Waals surface area contributed by atoms with Gasteiger partial charge < -0.3 is 19.4 Å². The average Bonchev–Trinajstić information content (AvgIpc) is 3.04. The predicted molar refractivity (Wildman–Crippen MR) is 105 cm³/mol. The van der Waals surface area contributed by atoms with E-state index in [4.69, 9.17) is 9.47 Å². The van der Waals surface area contributed by atoms with Crippen LogP contribution in [0.4, 0.5) is 0 Å². The molecule has 0 aliphatic heterocycles. The molecule has 0 spiro atoms. The van der Waals surface area contributed by atoms with Gasteiger partial charge in [0.1, 0.15) is 18.5 Å². The molecule has 6 heteroatoms. The van der Waals surface area contributed by atoms with Gasteiger partial charge in [-0.05, 0) is 56.3 Å². The first-order valence-electron chi connectivity index (χ1n) is 11.1. The molecule has 0 unspecified atom stereocenters. The van der Waals surface area contributed by atoms with Gasteiger partial charge in [0, 0.05) is 37.0 Å². The zero-order valence-electron chi connectivity index (χ0n) is 18.0. The molecule has 0 radical (unpaired) electrons. The molecule has 162 valence electrons. The molecule has 4 saturated carbocycles. The summed E-state index contributed by atoms with van der Waals surface area (Å²) in [4.78, 5) is 35.5. The summed E-state index contributed by atoms with van der Waals surface area (Å²) in [5.74, 6) is -0.474. The van der Waals surface area contributed by atoms with Gasteiger partial charge in [-0.3, -0.25) is 9.59 Å². The molecule has 6 nitrogen and oxygen atoms in total. The number of aldehydes is 1. The van der Waals surface area contributed by atoms with Gasteiger partial charge in [0.15, 0.2) is 0 Å². The van der Waals surface area contributed by atoms with Crippen molar-refractivity contribution in [1.29, 1.82) is 0 Å². The lowest BCUT2D eigenvalue weighted by Gasteiger charge is -2.51. The van der Waals surface area contributed by atoms with Crippen molar-refractivity contribution in [3.05, 3.63) is 0 Å². The minimum absolute atomic E-state index is 0.0814. The van der Waals surface area contributed by atoms with E-state index < -0.39 is 11.5 Å². The van der Waals surface area contributed by atoms with E-state index in [1.807, 2.05) is 0 Å². The van der Waals surface area contributed by atoms with E-state index in [1.54, 1.807) is 0 Å². The summed E-state index contributed by atoms with van der Waals surface area (Å²) in [6.07, 6.45) is 5.93. The van der Waals surface area contributed by atoms with Crippen molar-refractivity contribution in [2.75, 3.05) is 0 Å². The number of hydrogen-bond acceptors (Lipinski definition) is 6. The molecule has 0 bridgehead atoms. The van der Waals surface area contributed by atoms with Crippen molar-refractivity contribution in [2.24, 2.45) is 34.5 Å². The van der Waals surface area contributed by atoms with Gasteiger partial charge >= 0.3 is 11.9 Å². The number of carbonyl (C=O) groups excluding carboxylic acids is 3. The Morgan fingerprint density at radius 2 is 1.66 bits per heavy atom. The summed E-state index contributed by atoms with van der Waals surface area (Å²) in [7, 11) is 0. The van der Waals surface area contributed by atoms with Crippen LogP contribution < -0.4 is 0 Å². The van der Waals surface area contributed by atoms with Gasteiger partial charge in [0.05, 0.1) is 5.60 Å². The van der Waals surface area contributed by atoms with Crippen molar-refractivity contribution < 1.29 is 29.0 Å². The van der Waals surface area contributed by atoms with E-state index in [0.29, 0.717) is 6.42 Å². The molecule has 0 amide bonds. The molecule has 1 N–H and O–H groups in total. The van der Waals surface area contributed by atoms with Crippen LogP contribution in [0.25, 0.3) is 0 Å². The molecule has 4 aliphatic carbocycles. The van der Waals surface area contributed by atoms with Crippen LogP contribution in [0, 0.1) is 34.5 Å². The Bertz CT molecular complexity index is 720. The number of aliphatic hydroxyl groups is 1. The Kier molecular flexibility index (Phi) is 4.88. The van der Waals surface area contributed by atoms with Crippen molar-refractivity contribution in [3.8, 4) is 0 Å². The summed E-state index contributed by atoms with van der Waals surface area (Å²) < 4.78 is 11.1. The molecule has 0 saturated heterocycles. The van der Waals surface area contributed by atoms with E-state index in [0.717, 1.165) is 44.8 Å². The molecule has 0 aromatic heterocycles. The number of ether oxygens (including phenoxy) is 2. The van der Waals surface area contributed by atoms with Gasteiger partial charge in [-0.15, -0.1) is 0 Å². The molecule has 0 heterocycles. The molecule has 9 atom stereocenters. The summed E-state index contributed by atoms with van der Waals surface area (Å²) in [6, 6.07) is 0. The van der Waals surface area contributed by atoms with Gasteiger partial charge in [-0.1, -0.05) is 13.8 Å². The second-order valence-corrected chi connectivity index (χ2v) is 10.5. The lowest BCUT2D eigenvalue weighted by atomic mass is 9.55. The third-order valence-electron chi connectivity index (χ3n) is 9.33. The Hall–Kier alpha value is -1.43. The Labute approximate surface area is 172 Å². The molecule has 4 rings (SSSR count). The SMILES string of the molecule is CC(=O)O[C@H]1CC[C@]2(C)[C@H]3CC[C@]4(C)[C@@H](OC(C)=O)CC[C@H]4[C@@H]3[C@H](C=O)[C@]2(O)C1. The van der Waals surface area contributed by atoms with Crippen molar-refractivity contribution in [1.82, 2.24) is 0 Å². The highest BCUT2D eigenvalue weighted by Crippen LogP contribution is 2.71. The largest absolute Gasteiger partial charge is 0.462 e. The van der Waals surface area contributed by atoms with Gasteiger partial charge in [0.2, 0.25) is 0 Å². The van der Waals surface area contributed by atoms with E-state index >= 15 is 0 Å². The molecule has 0 aromatic carbocycles. The maximum atomic E-state index is 12.4. The fourth-order valence-corrected chi connectivity index (χ4v) is 8.02. The second-order valence-electron chi connectivity index (χ2n) is 10.5. The highest BCUT2D eigenvalue weighted by Gasteiger charge is 2.72. The van der Waals surface area contributed by atoms with Crippen LogP contribution in [0.1, 0.15) is 72.6 Å². The zero-order chi connectivity index (χ0) is 21.2. The van der Waals surface area contributed by atoms with Crippen molar-refractivity contribution in [2.45, 2.75) is 90.4 Å². The first-order chi connectivity index (χ1) is 13.6. The first-order valence-corrected chi connectivity index (χ1v) is 11.1. The lowest BCUT2D eigenvalue weighted by molar-refractivity contribution is -0.174. The number of carbonyl (C=O) groups is 3. The fourth-order valence-electron chi connectivity index (χ4n) is 8.02. The van der Waals surface area contributed by atoms with Crippen LogP contribution in [-0.4, -0.2) is 41.1 Å². The Morgan fingerprint density at radius 3 is 2.28 bits per heavy atom. The van der Waals surface area contributed by atoms with Gasteiger partial charge in [-0.25, -0.2) is 0 Å². The van der Waals surface area contributed by atoms with E-state index in [9.17, 15) is 19.5 Å². The number of esters is 2. The third kappa shape index (κ3) is 2.81. The monoisotopic (exact) mass is 406 g/mol. The fraction of sp³-hybridized carbons (Fsp3) is 0.870. The van der Waals surface area contributed by atoms with Crippen molar-refractivity contribution >= 4 is 18.2 Å². The summed E-state index contributed by atoms with van der Waals surface area (Å²) in [5, 5.41) is 12.0. The van der Waals surface area contributed by atoms with Crippen LogP contribution in [0.2, 0.25) is 0 Å². The number of rotatable bonds is 3. The van der Waals surface area contributed by atoms with E-state index in [-0.39, 0.29) is 52.7 Å². The molecular formula is C23H34O6. The highest BCUT2D eigenvalue weighted by atomic mass is 16.5. The standard InChI is InChI=1S/C23H34O6/c1-13(25)28-15-7-10-22(4)17-8-9-21(3)16(5-6-19(21)29-14(2)26)20(17)18(12-24)23(22,27)11-15/h12,15-20,27H,5-11H2,1-4H3/t15-,16-,17-,18-,19-,20-,21-,22+,23+/m0/s1. The maximum Gasteiger partial charge on any atom is 0.302 e. The molecular weight excluding hydrogens is 372 g/mol. The quantitative estimate of drug-likeness (QED) is 0.572. The van der Waals surface area contributed by atoms with Crippen LogP contribution in [-0.2, 0) is 23.9 Å². The van der Waals surface area contributed by atoms with E-state index in [1.165, 1.54) is 13.8 Å². The normalized spacial score (nSPS) is 50.8. The lowest BCUT2D eigenvalue weighted by Crippen LogP contribution is -2.55. The smallest absolute Gasteiger partial charge is 0.302 e. The minimum atomic E-state index is -1.16. The van der Waals surface area contributed by atoms with Crippen LogP contribution in [0.15, 0.2) is 0 Å². The highest BCUT2D eigenvalue weighted by molar-refractivity contribution is 5.66. The Morgan fingerprint density at radius 1 is 0.966 bits per heavy atom. The number of hydrogen-bond donors (Lipinski definition) is 1. The minimum Gasteiger partial charge on any atom is -0.462 e. The van der Waals surface area contributed by atoms with Gasteiger partial charge in [0.25, 0.3) is 0 Å². The first kappa shape index (κ1) is 20.8. The Balaban J connectivity index is 1.68. The summed E-state index contributed by atoms with van der Waals surface area (Å²) >= 11 is 0. The molecule has 29 heavy (non-hydrogen) atoms. The topological polar surface area (TPSA) is 89.9 Å². The van der Waals surface area contributed by atoms with Gasteiger partial charge in [-0.2, -0.15) is 0 Å². The average molecular weight is 407 g/mol. The van der Waals surface area contributed by atoms with E-state index in [2.05, 4.69) is 13.8 Å². The van der Waals surface area contributed by atoms with Crippen LogP contribution >= 0.6 is 0 Å². The summed E-state index contributed by atoms with van der Waals surface area (Å²) in [5.41, 5.74) is -1.67. The third-order valence-corrected chi connectivity index (χ3v) is 9.33. The predicted octanol–water partition coefficient (Wildman–Crippen LogP) is 3.04. The summed E-state index contributed by atoms with van der Waals surface area (Å²) in [6.45, 7) is 7.19. The number of fused-ring (bicyclic) bond motifs is 5. The van der Waals surface area contributed by atoms with Crippen molar-refractivity contribution in [3.63, 3.8) is 0 Å². The van der Waals surface area contributed by atoms with Crippen LogP contribution in [0.5, 0.6) is 0 Å². The van der Waals surface area contributed by atoms with Crippen LogP contribution in [0.3, 0.4) is 0 Å². The molecule has 0 aromatic rings. The molecule has 4 aliphatic rings. The second kappa shape index (κ2) is 6.79. The zero-order valence-corrected chi connectivity index (χ0v) is 18.0. The molecule has 4 fully saturated rings. The maximum absolute atomic E-state index is 12.4.